The SMILES string of the molecule is O=S(=O)(O)CCC(c1nccc(Cl)n1)N1c2ccccc2Sc2ccccc21. The van der Waals surface area contributed by atoms with Crippen molar-refractivity contribution in [1.29, 1.82) is 0 Å². The summed E-state index contributed by atoms with van der Waals surface area (Å²) in [6, 6.07) is 16.8. The zero-order valence-corrected chi connectivity index (χ0v) is 17.0. The predicted molar refractivity (Wildman–Crippen MR) is 110 cm³/mol. The van der Waals surface area contributed by atoms with Gasteiger partial charge in [-0.05, 0) is 36.8 Å². The normalized spacial score (nSPS) is 14.3. The highest BCUT2D eigenvalue weighted by Gasteiger charge is 2.32. The van der Waals surface area contributed by atoms with E-state index in [4.69, 9.17) is 11.6 Å². The van der Waals surface area contributed by atoms with Crippen molar-refractivity contribution in [2.75, 3.05) is 10.7 Å². The van der Waals surface area contributed by atoms with Crippen molar-refractivity contribution in [3.8, 4) is 0 Å². The molecule has 9 heteroatoms. The van der Waals surface area contributed by atoms with Gasteiger partial charge in [-0.25, -0.2) is 9.97 Å². The summed E-state index contributed by atoms with van der Waals surface area (Å²) in [5.41, 5.74) is 1.85. The minimum absolute atomic E-state index is 0.104. The Morgan fingerprint density at radius 3 is 2.21 bits per heavy atom. The van der Waals surface area contributed by atoms with Gasteiger partial charge in [0.1, 0.15) is 5.15 Å². The van der Waals surface area contributed by atoms with E-state index >= 15 is 0 Å². The maximum atomic E-state index is 11.5. The van der Waals surface area contributed by atoms with E-state index in [1.54, 1.807) is 24.0 Å². The van der Waals surface area contributed by atoms with E-state index in [9.17, 15) is 13.0 Å². The Bertz CT molecular complexity index is 1080. The first kappa shape index (κ1) is 19.2. The second-order valence-corrected chi connectivity index (χ2v) is 9.28. The summed E-state index contributed by atoms with van der Waals surface area (Å²) in [4.78, 5) is 12.8. The number of hydrogen-bond donors (Lipinski definition) is 1. The standard InChI is InChI=1S/C19H16ClN3O3S2/c20-18-9-11-21-19(22-18)15(10-12-28(24,25)26)23-13-5-1-3-7-16(13)27-17-8-4-2-6-14(17)23/h1-9,11,15H,10,12H2,(H,24,25,26). The molecule has 3 aromatic rings. The summed E-state index contributed by atoms with van der Waals surface area (Å²) in [6.45, 7) is 0. The van der Waals surface area contributed by atoms with E-state index in [1.165, 1.54) is 0 Å². The third kappa shape index (κ3) is 4.00. The Morgan fingerprint density at radius 1 is 1.04 bits per heavy atom. The molecule has 1 aliphatic heterocycles. The summed E-state index contributed by atoms with van der Waals surface area (Å²) in [5.74, 6) is -0.0192. The van der Waals surface area contributed by atoms with Crippen LogP contribution in [0, 0.1) is 0 Å². The largest absolute Gasteiger partial charge is 0.329 e. The molecular weight excluding hydrogens is 418 g/mol. The fourth-order valence-corrected chi connectivity index (χ4v) is 4.95. The van der Waals surface area contributed by atoms with E-state index in [1.807, 2.05) is 53.4 Å². The highest BCUT2D eigenvalue weighted by molar-refractivity contribution is 7.99. The van der Waals surface area contributed by atoms with Gasteiger partial charge in [0.2, 0.25) is 0 Å². The van der Waals surface area contributed by atoms with Crippen molar-refractivity contribution in [2.24, 2.45) is 0 Å². The summed E-state index contributed by atoms with van der Waals surface area (Å²) in [6.07, 6.45) is 1.65. The molecule has 0 amide bonds. The van der Waals surface area contributed by atoms with Crippen molar-refractivity contribution in [2.45, 2.75) is 22.3 Å². The summed E-state index contributed by atoms with van der Waals surface area (Å²) in [5, 5.41) is 0.273. The molecule has 1 N–H and O–H groups in total. The Balaban J connectivity index is 1.88. The van der Waals surface area contributed by atoms with Crippen LogP contribution in [0.1, 0.15) is 18.3 Å². The Hall–Kier alpha value is -2.13. The Kier molecular flexibility index (Phi) is 5.29. The van der Waals surface area contributed by atoms with Gasteiger partial charge in [-0.1, -0.05) is 47.6 Å². The summed E-state index contributed by atoms with van der Waals surface area (Å²) < 4.78 is 32.3. The van der Waals surface area contributed by atoms with Gasteiger partial charge in [0, 0.05) is 16.0 Å². The zero-order chi connectivity index (χ0) is 19.7. The van der Waals surface area contributed by atoms with Gasteiger partial charge >= 0.3 is 0 Å². The lowest BCUT2D eigenvalue weighted by Gasteiger charge is -2.38. The quantitative estimate of drug-likeness (QED) is 0.459. The molecule has 0 radical (unpaired) electrons. The van der Waals surface area contributed by atoms with Gasteiger partial charge in [-0.3, -0.25) is 4.55 Å². The van der Waals surface area contributed by atoms with Gasteiger partial charge < -0.3 is 4.90 Å². The summed E-state index contributed by atoms with van der Waals surface area (Å²) >= 11 is 7.73. The molecule has 28 heavy (non-hydrogen) atoms. The average molecular weight is 434 g/mol. The van der Waals surface area contributed by atoms with Crippen LogP contribution in [0.5, 0.6) is 0 Å². The maximum Gasteiger partial charge on any atom is 0.264 e. The molecule has 0 saturated heterocycles. The molecule has 1 aromatic heterocycles. The van der Waals surface area contributed by atoms with Crippen molar-refractivity contribution in [3.05, 3.63) is 71.8 Å². The molecule has 0 spiro atoms. The molecule has 1 aliphatic rings. The summed E-state index contributed by atoms with van der Waals surface area (Å²) in [7, 11) is -4.15. The second-order valence-electron chi connectivity index (χ2n) is 6.24. The number of hydrogen-bond acceptors (Lipinski definition) is 6. The van der Waals surface area contributed by atoms with Gasteiger partial charge in [0.15, 0.2) is 5.82 Å². The molecule has 1 atom stereocenters. The number of nitrogens with zero attached hydrogens (tertiary/aromatic N) is 3. The molecule has 0 aliphatic carbocycles. The van der Waals surface area contributed by atoms with Crippen LogP contribution in [0.25, 0.3) is 0 Å². The van der Waals surface area contributed by atoms with Crippen molar-refractivity contribution in [1.82, 2.24) is 9.97 Å². The van der Waals surface area contributed by atoms with Gasteiger partial charge in [-0.15, -0.1) is 0 Å². The molecule has 4 rings (SSSR count). The topological polar surface area (TPSA) is 83.4 Å². The van der Waals surface area contributed by atoms with Crippen LogP contribution in [0.3, 0.4) is 0 Å². The highest BCUT2D eigenvalue weighted by Crippen LogP contribution is 2.51. The lowest BCUT2D eigenvalue weighted by atomic mass is 10.1. The van der Waals surface area contributed by atoms with Gasteiger partial charge in [0.25, 0.3) is 10.1 Å². The number of halogens is 1. The van der Waals surface area contributed by atoms with Gasteiger partial charge in [0.05, 0.1) is 23.2 Å². The Labute approximate surface area is 172 Å². The average Bonchev–Trinajstić information content (AvgIpc) is 2.66. The number of para-hydroxylation sites is 2. The van der Waals surface area contributed by atoms with Gasteiger partial charge in [-0.2, -0.15) is 8.42 Å². The molecule has 2 aromatic carbocycles. The fourth-order valence-electron chi connectivity index (χ4n) is 3.21. The minimum atomic E-state index is -4.15. The number of aromatic nitrogens is 2. The van der Waals surface area contributed by atoms with E-state index in [-0.39, 0.29) is 11.6 Å². The predicted octanol–water partition coefficient (Wildman–Crippen LogP) is 4.75. The lowest BCUT2D eigenvalue weighted by molar-refractivity contribution is 0.476. The molecule has 0 bridgehead atoms. The van der Waals surface area contributed by atoms with E-state index < -0.39 is 21.9 Å². The van der Waals surface area contributed by atoms with Crippen LogP contribution in [-0.2, 0) is 10.1 Å². The first-order valence-electron chi connectivity index (χ1n) is 8.51. The van der Waals surface area contributed by atoms with Crippen molar-refractivity contribution >= 4 is 44.9 Å². The smallest absolute Gasteiger partial charge is 0.264 e. The zero-order valence-electron chi connectivity index (χ0n) is 14.6. The monoisotopic (exact) mass is 433 g/mol. The minimum Gasteiger partial charge on any atom is -0.329 e. The molecule has 0 saturated carbocycles. The van der Waals surface area contributed by atoms with Crippen LogP contribution in [0.2, 0.25) is 5.15 Å². The molecular formula is C19H16ClN3O3S2. The molecule has 2 heterocycles. The Morgan fingerprint density at radius 2 is 1.64 bits per heavy atom. The van der Waals surface area contributed by atoms with Crippen LogP contribution in [0.4, 0.5) is 11.4 Å². The van der Waals surface area contributed by atoms with Crippen LogP contribution in [0.15, 0.2) is 70.6 Å². The second kappa shape index (κ2) is 7.71. The number of rotatable bonds is 5. The van der Waals surface area contributed by atoms with Crippen LogP contribution < -0.4 is 4.90 Å². The highest BCUT2D eigenvalue weighted by atomic mass is 35.5. The van der Waals surface area contributed by atoms with Crippen molar-refractivity contribution < 1.29 is 13.0 Å². The third-order valence-electron chi connectivity index (χ3n) is 4.37. The number of benzene rings is 2. The molecule has 144 valence electrons. The number of fused-ring (bicyclic) bond motifs is 2. The van der Waals surface area contributed by atoms with Crippen molar-refractivity contribution in [3.63, 3.8) is 0 Å². The molecule has 6 nitrogen and oxygen atoms in total. The van der Waals surface area contributed by atoms with E-state index in [0.29, 0.717) is 5.82 Å². The first-order valence-corrected chi connectivity index (χ1v) is 11.3. The maximum absolute atomic E-state index is 11.5. The lowest BCUT2D eigenvalue weighted by Crippen LogP contribution is -2.29. The third-order valence-corrected chi connectivity index (χ3v) is 6.46. The van der Waals surface area contributed by atoms with E-state index in [2.05, 4.69) is 9.97 Å². The fraction of sp³-hybridized carbons (Fsp3) is 0.158. The van der Waals surface area contributed by atoms with E-state index in [0.717, 1.165) is 21.2 Å². The number of anilines is 2. The first-order chi connectivity index (χ1) is 13.4. The molecule has 1 unspecified atom stereocenters. The van der Waals surface area contributed by atoms with Crippen LogP contribution >= 0.6 is 23.4 Å². The molecule has 0 fully saturated rings. The van der Waals surface area contributed by atoms with Crippen LogP contribution in [-0.4, -0.2) is 28.7 Å².